The lowest BCUT2D eigenvalue weighted by molar-refractivity contribution is -0.483. The molecule has 70 valence electrons. The highest BCUT2D eigenvalue weighted by atomic mass is 16.6. The SMILES string of the molecule is C=CCC(C[N+](=O)[O-])c1ccco1. The van der Waals surface area contributed by atoms with Crippen LogP contribution in [0.3, 0.4) is 0 Å². The average molecular weight is 181 g/mol. The van der Waals surface area contributed by atoms with Crippen molar-refractivity contribution in [1.82, 2.24) is 0 Å². The zero-order valence-electron chi connectivity index (χ0n) is 7.18. The molecule has 0 saturated carbocycles. The first-order chi connectivity index (χ1) is 6.24. The number of nitrogens with zero attached hydrogens (tertiary/aromatic N) is 1. The molecule has 1 atom stereocenters. The summed E-state index contributed by atoms with van der Waals surface area (Å²) >= 11 is 0. The first-order valence-electron chi connectivity index (χ1n) is 4.00. The lowest BCUT2D eigenvalue weighted by Crippen LogP contribution is -2.11. The van der Waals surface area contributed by atoms with Gasteiger partial charge >= 0.3 is 0 Å². The van der Waals surface area contributed by atoms with Gasteiger partial charge in [-0.05, 0) is 18.6 Å². The fraction of sp³-hybridized carbons (Fsp3) is 0.333. The van der Waals surface area contributed by atoms with Crippen LogP contribution in [0.1, 0.15) is 18.1 Å². The predicted octanol–water partition coefficient (Wildman–Crippen LogP) is 2.22. The Hall–Kier alpha value is -1.58. The molecule has 0 fully saturated rings. The summed E-state index contributed by atoms with van der Waals surface area (Å²) in [5.41, 5.74) is 0. The maximum Gasteiger partial charge on any atom is 0.214 e. The summed E-state index contributed by atoms with van der Waals surface area (Å²) in [5.74, 6) is 0.458. The Bertz CT molecular complexity index is 279. The molecule has 0 aliphatic heterocycles. The minimum absolute atomic E-state index is 0.112. The molecule has 1 aromatic rings. The third kappa shape index (κ3) is 2.74. The molecule has 1 rings (SSSR count). The molecule has 0 radical (unpaired) electrons. The van der Waals surface area contributed by atoms with Crippen LogP contribution in [0.25, 0.3) is 0 Å². The highest BCUT2D eigenvalue weighted by molar-refractivity contribution is 5.06. The van der Waals surface area contributed by atoms with Gasteiger partial charge in [0, 0.05) is 4.92 Å². The highest BCUT2D eigenvalue weighted by Gasteiger charge is 2.18. The molecule has 0 aliphatic carbocycles. The first kappa shape index (κ1) is 9.51. The van der Waals surface area contributed by atoms with E-state index in [0.29, 0.717) is 12.2 Å². The zero-order chi connectivity index (χ0) is 9.68. The van der Waals surface area contributed by atoms with Crippen molar-refractivity contribution in [3.8, 4) is 0 Å². The second-order valence-electron chi connectivity index (χ2n) is 2.75. The van der Waals surface area contributed by atoms with E-state index in [4.69, 9.17) is 4.42 Å². The van der Waals surface area contributed by atoms with Gasteiger partial charge in [-0.1, -0.05) is 6.08 Å². The van der Waals surface area contributed by atoms with E-state index in [0.717, 1.165) is 0 Å². The van der Waals surface area contributed by atoms with Crippen LogP contribution in [-0.4, -0.2) is 11.5 Å². The smallest absolute Gasteiger partial charge is 0.214 e. The van der Waals surface area contributed by atoms with Gasteiger partial charge in [0.1, 0.15) is 5.76 Å². The number of hydrogen-bond acceptors (Lipinski definition) is 3. The Balaban J connectivity index is 2.67. The number of hydrogen-bond donors (Lipinski definition) is 0. The summed E-state index contributed by atoms with van der Waals surface area (Å²) in [6.45, 7) is 3.44. The Morgan fingerprint density at radius 1 is 1.77 bits per heavy atom. The largest absolute Gasteiger partial charge is 0.469 e. The summed E-state index contributed by atoms with van der Waals surface area (Å²) in [4.78, 5) is 9.97. The molecule has 1 heterocycles. The van der Waals surface area contributed by atoms with E-state index in [1.54, 1.807) is 18.2 Å². The number of rotatable bonds is 5. The van der Waals surface area contributed by atoms with Crippen molar-refractivity contribution in [2.75, 3.05) is 6.54 Å². The van der Waals surface area contributed by atoms with Gasteiger partial charge in [0.25, 0.3) is 0 Å². The van der Waals surface area contributed by atoms with E-state index in [9.17, 15) is 10.1 Å². The molecular formula is C9H11NO3. The van der Waals surface area contributed by atoms with Crippen LogP contribution in [0.5, 0.6) is 0 Å². The van der Waals surface area contributed by atoms with Crippen LogP contribution >= 0.6 is 0 Å². The quantitative estimate of drug-likeness (QED) is 0.397. The molecular weight excluding hydrogens is 170 g/mol. The third-order valence-electron chi connectivity index (χ3n) is 1.77. The Morgan fingerprint density at radius 2 is 2.54 bits per heavy atom. The highest BCUT2D eigenvalue weighted by Crippen LogP contribution is 2.20. The maximum atomic E-state index is 10.3. The van der Waals surface area contributed by atoms with Gasteiger partial charge in [-0.15, -0.1) is 6.58 Å². The molecule has 0 aromatic carbocycles. The standard InChI is InChI=1S/C9H11NO3/c1-2-4-8(7-10(11)12)9-5-3-6-13-9/h2-3,5-6,8H,1,4,7H2. The van der Waals surface area contributed by atoms with Crippen molar-refractivity contribution in [2.24, 2.45) is 0 Å². The van der Waals surface area contributed by atoms with Crippen molar-refractivity contribution >= 4 is 0 Å². The van der Waals surface area contributed by atoms with Gasteiger partial charge in [-0.2, -0.15) is 0 Å². The van der Waals surface area contributed by atoms with E-state index in [2.05, 4.69) is 6.58 Å². The topological polar surface area (TPSA) is 56.3 Å². The monoisotopic (exact) mass is 181 g/mol. The molecule has 1 unspecified atom stereocenters. The molecule has 0 aliphatic rings. The van der Waals surface area contributed by atoms with E-state index in [1.807, 2.05) is 0 Å². The van der Waals surface area contributed by atoms with Gasteiger partial charge < -0.3 is 4.42 Å². The average Bonchev–Trinajstić information content (AvgIpc) is 2.54. The predicted molar refractivity (Wildman–Crippen MR) is 48.1 cm³/mol. The number of nitro groups is 1. The zero-order valence-corrected chi connectivity index (χ0v) is 7.18. The summed E-state index contributed by atoms with van der Waals surface area (Å²) in [6, 6.07) is 3.48. The minimum Gasteiger partial charge on any atom is -0.469 e. The summed E-state index contributed by atoms with van der Waals surface area (Å²) in [6.07, 6.45) is 3.75. The molecule has 0 saturated heterocycles. The summed E-state index contributed by atoms with van der Waals surface area (Å²) in [7, 11) is 0. The fourth-order valence-corrected chi connectivity index (χ4v) is 1.19. The maximum absolute atomic E-state index is 10.3. The van der Waals surface area contributed by atoms with Crippen molar-refractivity contribution in [3.05, 3.63) is 46.9 Å². The normalized spacial score (nSPS) is 12.3. The molecule has 0 bridgehead atoms. The van der Waals surface area contributed by atoms with Gasteiger partial charge in [-0.3, -0.25) is 10.1 Å². The van der Waals surface area contributed by atoms with E-state index in [-0.39, 0.29) is 17.4 Å². The van der Waals surface area contributed by atoms with Crippen LogP contribution in [0.4, 0.5) is 0 Å². The molecule has 4 nitrogen and oxygen atoms in total. The van der Waals surface area contributed by atoms with Gasteiger partial charge in [0.05, 0.1) is 12.2 Å². The Labute approximate surface area is 76.0 Å². The molecule has 13 heavy (non-hydrogen) atoms. The van der Waals surface area contributed by atoms with Gasteiger partial charge in [0.15, 0.2) is 0 Å². The van der Waals surface area contributed by atoms with Crippen molar-refractivity contribution in [1.29, 1.82) is 0 Å². The van der Waals surface area contributed by atoms with E-state index >= 15 is 0 Å². The molecule has 0 spiro atoms. The van der Waals surface area contributed by atoms with Crippen molar-refractivity contribution in [2.45, 2.75) is 12.3 Å². The molecule has 0 amide bonds. The number of furan rings is 1. The lowest BCUT2D eigenvalue weighted by Gasteiger charge is -2.05. The fourth-order valence-electron chi connectivity index (χ4n) is 1.19. The number of allylic oxidation sites excluding steroid dienone is 1. The van der Waals surface area contributed by atoms with Crippen LogP contribution in [-0.2, 0) is 0 Å². The molecule has 1 aromatic heterocycles. The Morgan fingerprint density at radius 3 is 3.00 bits per heavy atom. The van der Waals surface area contributed by atoms with Crippen molar-refractivity contribution in [3.63, 3.8) is 0 Å². The van der Waals surface area contributed by atoms with E-state index in [1.165, 1.54) is 6.26 Å². The summed E-state index contributed by atoms with van der Waals surface area (Å²) in [5, 5.41) is 10.3. The Kier molecular flexibility index (Phi) is 3.25. The van der Waals surface area contributed by atoms with Crippen LogP contribution < -0.4 is 0 Å². The summed E-state index contributed by atoms with van der Waals surface area (Å²) < 4.78 is 5.10. The molecule has 4 heteroatoms. The van der Waals surface area contributed by atoms with Crippen LogP contribution in [0.15, 0.2) is 35.5 Å². The molecule has 0 N–H and O–H groups in total. The van der Waals surface area contributed by atoms with Crippen LogP contribution in [0.2, 0.25) is 0 Å². The van der Waals surface area contributed by atoms with Crippen LogP contribution in [0, 0.1) is 10.1 Å². The van der Waals surface area contributed by atoms with Gasteiger partial charge in [0.2, 0.25) is 6.54 Å². The second-order valence-corrected chi connectivity index (χ2v) is 2.75. The van der Waals surface area contributed by atoms with Gasteiger partial charge in [-0.25, -0.2) is 0 Å². The lowest BCUT2D eigenvalue weighted by atomic mass is 10.0. The van der Waals surface area contributed by atoms with Crippen molar-refractivity contribution < 1.29 is 9.34 Å². The van der Waals surface area contributed by atoms with E-state index < -0.39 is 0 Å². The minimum atomic E-state index is -0.337. The first-order valence-corrected chi connectivity index (χ1v) is 4.00. The second kappa shape index (κ2) is 4.45. The third-order valence-corrected chi connectivity index (χ3v) is 1.77.